The van der Waals surface area contributed by atoms with Gasteiger partial charge in [0.2, 0.25) is 0 Å². The zero-order valence-electron chi connectivity index (χ0n) is 59.8. The molecular formula is C77H130O17P2. The molecular weight excluding hydrogens is 1260 g/mol. The standard InChI is InChI=1S/C77H130O17P2/c1-5-9-13-17-21-25-29-33-35-39-42-46-50-54-58-62-75(80)88-68-73(94-77(82)64-60-56-52-48-44-40-36-34-30-26-22-18-14-10-6-2)70-92-96(85,86)90-66-71(78)65-89-95(83,84)91-69-72(93-76(81)63-59-55-51-47-43-38-32-28-24-20-16-12-8-4)67-87-74(79)61-57-53-49-45-41-37-31-27-23-19-15-11-7-3/h9-10,13-14,21-22,25-26,33-36,42,44,46,48,54,56,58,60,71-73,78H,5-8,11-12,15-20,23-24,27-32,37-41,43,45,47,49-53,55,57,59,61-70H2,1-4H3,(H,83,84)(H,85,86)/b13-9-,14-10-,25-21-,26-22-,35-33-,36-34-,46-42-,48-44-,58-54-,60-56-. The number of hydrogen-bond donors (Lipinski definition) is 3. The molecule has 96 heavy (non-hydrogen) atoms. The van der Waals surface area contributed by atoms with Crippen molar-refractivity contribution in [3.05, 3.63) is 122 Å². The van der Waals surface area contributed by atoms with Gasteiger partial charge in [-0.2, -0.15) is 0 Å². The van der Waals surface area contributed by atoms with E-state index in [9.17, 15) is 43.2 Å². The van der Waals surface area contributed by atoms with E-state index in [1.54, 1.807) is 18.2 Å². The number of carbonyl (C=O) groups is 4. The second kappa shape index (κ2) is 69.0. The minimum Gasteiger partial charge on any atom is -0.462 e. The second-order valence-electron chi connectivity index (χ2n) is 24.2. The van der Waals surface area contributed by atoms with Crippen LogP contribution in [0.1, 0.15) is 285 Å². The molecule has 0 amide bonds. The smallest absolute Gasteiger partial charge is 0.462 e. The van der Waals surface area contributed by atoms with Crippen molar-refractivity contribution in [2.24, 2.45) is 0 Å². The Morgan fingerprint density at radius 2 is 0.552 bits per heavy atom. The predicted octanol–water partition coefficient (Wildman–Crippen LogP) is 20.8. The predicted molar refractivity (Wildman–Crippen MR) is 390 cm³/mol. The SMILES string of the molecule is CC/C=C\C/C=C\C/C=C\C/C=C\C/C=C\CC(=O)OCC(COP(=O)(O)OCC(O)COP(=O)(O)OCC(COC(=O)CCCCCCCCCCCCCCC)OC(=O)CCCCCCCCCCCCCCC)OC(=O)C/C=C\C/C=C\C/C=C\C/C=C\C/C=C\CC. The first kappa shape index (κ1) is 91.5. The number of phosphoric acid groups is 2. The van der Waals surface area contributed by atoms with Crippen LogP contribution in [0.5, 0.6) is 0 Å². The van der Waals surface area contributed by atoms with Crippen molar-refractivity contribution in [1.82, 2.24) is 0 Å². The van der Waals surface area contributed by atoms with E-state index in [0.717, 1.165) is 96.3 Å². The number of allylic oxidation sites excluding steroid dienone is 18. The Morgan fingerprint density at radius 3 is 0.875 bits per heavy atom. The minimum absolute atomic E-state index is 0.0922. The molecule has 0 bridgehead atoms. The molecule has 0 spiro atoms. The maximum absolute atomic E-state index is 13.0. The quantitative estimate of drug-likeness (QED) is 0.0169. The van der Waals surface area contributed by atoms with Crippen LogP contribution in [-0.2, 0) is 65.4 Å². The summed E-state index contributed by atoms with van der Waals surface area (Å²) in [4.78, 5) is 72.6. The molecule has 5 atom stereocenters. The fourth-order valence-electron chi connectivity index (χ4n) is 9.49. The van der Waals surface area contributed by atoms with Gasteiger partial charge in [-0.15, -0.1) is 0 Å². The Hall–Kier alpha value is -4.54. The van der Waals surface area contributed by atoms with Crippen molar-refractivity contribution in [1.29, 1.82) is 0 Å². The normalized spacial score (nSPS) is 14.7. The molecule has 0 aliphatic heterocycles. The first-order chi connectivity index (χ1) is 46.7. The maximum atomic E-state index is 13.0. The molecule has 0 radical (unpaired) electrons. The van der Waals surface area contributed by atoms with Crippen LogP contribution in [-0.4, -0.2) is 96.7 Å². The van der Waals surface area contributed by atoms with Gasteiger partial charge in [-0.1, -0.05) is 303 Å². The Kier molecular flexibility index (Phi) is 65.7. The molecule has 19 heteroatoms. The van der Waals surface area contributed by atoms with Crippen LogP contribution < -0.4 is 0 Å². The van der Waals surface area contributed by atoms with Crippen molar-refractivity contribution in [3.8, 4) is 0 Å². The van der Waals surface area contributed by atoms with Gasteiger partial charge in [0.25, 0.3) is 0 Å². The summed E-state index contributed by atoms with van der Waals surface area (Å²) in [5.74, 6) is -2.47. The van der Waals surface area contributed by atoms with Crippen LogP contribution in [0.4, 0.5) is 0 Å². The van der Waals surface area contributed by atoms with Gasteiger partial charge in [0.15, 0.2) is 12.2 Å². The van der Waals surface area contributed by atoms with E-state index in [0.29, 0.717) is 25.7 Å². The van der Waals surface area contributed by atoms with E-state index in [2.05, 4.69) is 101 Å². The third-order valence-corrected chi connectivity index (χ3v) is 16.9. The number of carbonyl (C=O) groups excluding carboxylic acids is 4. The van der Waals surface area contributed by atoms with Crippen LogP contribution in [0.25, 0.3) is 0 Å². The van der Waals surface area contributed by atoms with E-state index in [1.807, 2.05) is 30.4 Å². The van der Waals surface area contributed by atoms with E-state index in [4.69, 9.17) is 37.0 Å². The topological polar surface area (TPSA) is 237 Å². The van der Waals surface area contributed by atoms with Gasteiger partial charge in [-0.25, -0.2) is 9.13 Å². The lowest BCUT2D eigenvalue weighted by Gasteiger charge is -2.21. The van der Waals surface area contributed by atoms with Crippen LogP contribution >= 0.6 is 15.6 Å². The summed E-state index contributed by atoms with van der Waals surface area (Å²) in [6.45, 7) is 4.41. The Balaban J connectivity index is 5.47. The van der Waals surface area contributed by atoms with E-state index >= 15 is 0 Å². The number of phosphoric ester groups is 2. The lowest BCUT2D eigenvalue weighted by Crippen LogP contribution is -2.30. The van der Waals surface area contributed by atoms with Crippen molar-refractivity contribution < 1.29 is 80.2 Å². The fourth-order valence-corrected chi connectivity index (χ4v) is 11.1. The molecule has 0 aromatic carbocycles. The Bertz CT molecular complexity index is 2300. The van der Waals surface area contributed by atoms with Crippen molar-refractivity contribution in [3.63, 3.8) is 0 Å². The zero-order valence-corrected chi connectivity index (χ0v) is 61.5. The molecule has 0 aromatic heterocycles. The highest BCUT2D eigenvalue weighted by Gasteiger charge is 2.30. The van der Waals surface area contributed by atoms with Gasteiger partial charge in [0, 0.05) is 12.8 Å². The average molecular weight is 1390 g/mol. The lowest BCUT2D eigenvalue weighted by molar-refractivity contribution is -0.161. The van der Waals surface area contributed by atoms with Gasteiger partial charge < -0.3 is 33.8 Å². The van der Waals surface area contributed by atoms with E-state index < -0.39 is 97.5 Å². The van der Waals surface area contributed by atoms with Gasteiger partial charge >= 0.3 is 39.5 Å². The monoisotopic (exact) mass is 1390 g/mol. The number of ether oxygens (including phenoxy) is 4. The lowest BCUT2D eigenvalue weighted by atomic mass is 10.0. The summed E-state index contributed by atoms with van der Waals surface area (Å²) in [5, 5.41) is 10.6. The van der Waals surface area contributed by atoms with Gasteiger partial charge in [-0.05, 0) is 77.0 Å². The summed E-state index contributed by atoms with van der Waals surface area (Å²) in [6.07, 6.45) is 74.1. The molecule has 0 aliphatic rings. The van der Waals surface area contributed by atoms with Crippen LogP contribution in [0.2, 0.25) is 0 Å². The average Bonchev–Trinajstić information content (AvgIpc) is 1.36. The molecule has 0 saturated carbocycles. The van der Waals surface area contributed by atoms with Gasteiger partial charge in [-0.3, -0.25) is 37.3 Å². The summed E-state index contributed by atoms with van der Waals surface area (Å²) in [7, 11) is -10.00. The van der Waals surface area contributed by atoms with Crippen LogP contribution in [0.15, 0.2) is 122 Å². The van der Waals surface area contributed by atoms with Crippen molar-refractivity contribution in [2.45, 2.75) is 303 Å². The first-order valence-corrected chi connectivity index (χ1v) is 39.8. The van der Waals surface area contributed by atoms with Crippen LogP contribution in [0, 0.1) is 0 Å². The minimum atomic E-state index is -5.02. The third-order valence-electron chi connectivity index (χ3n) is 15.0. The molecule has 550 valence electrons. The molecule has 0 rings (SSSR count). The van der Waals surface area contributed by atoms with E-state index in [-0.39, 0.29) is 25.7 Å². The van der Waals surface area contributed by atoms with Crippen molar-refractivity contribution >= 4 is 39.5 Å². The summed E-state index contributed by atoms with van der Waals surface area (Å²) in [6, 6.07) is 0. The van der Waals surface area contributed by atoms with Gasteiger partial charge in [0.1, 0.15) is 19.3 Å². The number of esters is 4. The second-order valence-corrected chi connectivity index (χ2v) is 27.1. The molecule has 17 nitrogen and oxygen atoms in total. The molecule has 5 unspecified atom stereocenters. The zero-order chi connectivity index (χ0) is 70.4. The molecule has 0 fully saturated rings. The molecule has 0 saturated heterocycles. The molecule has 3 N–H and O–H groups in total. The molecule has 0 aliphatic carbocycles. The molecule has 0 heterocycles. The highest BCUT2D eigenvalue weighted by molar-refractivity contribution is 7.47. The number of hydrogen-bond acceptors (Lipinski definition) is 15. The first-order valence-electron chi connectivity index (χ1n) is 36.8. The number of aliphatic hydroxyl groups excluding tert-OH is 1. The summed E-state index contributed by atoms with van der Waals surface area (Å²) < 4.78 is 68.1. The Morgan fingerprint density at radius 1 is 0.302 bits per heavy atom. The van der Waals surface area contributed by atoms with Gasteiger partial charge in [0.05, 0.1) is 39.3 Å². The largest absolute Gasteiger partial charge is 0.472 e. The molecule has 0 aromatic rings. The highest BCUT2D eigenvalue weighted by atomic mass is 31.2. The number of aliphatic hydroxyl groups is 1. The summed E-state index contributed by atoms with van der Waals surface area (Å²) in [5.41, 5.74) is 0. The van der Waals surface area contributed by atoms with Crippen molar-refractivity contribution in [2.75, 3.05) is 39.6 Å². The number of unbranched alkanes of at least 4 members (excludes halogenated alkanes) is 24. The fraction of sp³-hybridized carbons (Fsp3) is 0.688. The Labute approximate surface area is 581 Å². The third kappa shape index (κ3) is 68.0. The van der Waals surface area contributed by atoms with E-state index in [1.165, 1.54) is 109 Å². The highest BCUT2D eigenvalue weighted by Crippen LogP contribution is 2.45. The maximum Gasteiger partial charge on any atom is 0.472 e. The van der Waals surface area contributed by atoms with Crippen LogP contribution in [0.3, 0.4) is 0 Å². The summed E-state index contributed by atoms with van der Waals surface area (Å²) >= 11 is 0. The number of rotatable bonds is 68.